The standard InChI is InChI=1S/C16H19NO3S/c1-19-13-6-3-5-12(9-13)15(20-2)11-17-16(18)10-14-7-4-8-21-14/h3-9,15H,10-11H2,1-2H3,(H,17,18). The maximum atomic E-state index is 11.9. The highest BCUT2D eigenvalue weighted by Crippen LogP contribution is 2.21. The molecular weight excluding hydrogens is 286 g/mol. The van der Waals surface area contributed by atoms with Crippen molar-refractivity contribution in [3.63, 3.8) is 0 Å². The fraction of sp³-hybridized carbons (Fsp3) is 0.312. The number of hydrogen-bond acceptors (Lipinski definition) is 4. The molecule has 4 nitrogen and oxygen atoms in total. The summed E-state index contributed by atoms with van der Waals surface area (Å²) in [5.74, 6) is 0.779. The van der Waals surface area contributed by atoms with Crippen molar-refractivity contribution in [1.29, 1.82) is 0 Å². The summed E-state index contributed by atoms with van der Waals surface area (Å²) < 4.78 is 10.7. The Labute approximate surface area is 128 Å². The highest BCUT2D eigenvalue weighted by molar-refractivity contribution is 7.10. The monoisotopic (exact) mass is 305 g/mol. The molecule has 0 aliphatic heterocycles. The molecule has 1 unspecified atom stereocenters. The van der Waals surface area contributed by atoms with Gasteiger partial charge in [-0.05, 0) is 29.1 Å². The Balaban J connectivity index is 1.91. The Hall–Kier alpha value is -1.85. The molecule has 0 bridgehead atoms. The van der Waals surface area contributed by atoms with Gasteiger partial charge in [0.1, 0.15) is 5.75 Å². The van der Waals surface area contributed by atoms with E-state index in [1.165, 1.54) is 0 Å². The van der Waals surface area contributed by atoms with Crippen molar-refractivity contribution in [2.75, 3.05) is 20.8 Å². The molecule has 5 heteroatoms. The summed E-state index contributed by atoms with van der Waals surface area (Å²) in [4.78, 5) is 13.0. The van der Waals surface area contributed by atoms with Crippen LogP contribution in [0.4, 0.5) is 0 Å². The van der Waals surface area contributed by atoms with Gasteiger partial charge in [0.2, 0.25) is 5.91 Å². The third-order valence-corrected chi connectivity index (χ3v) is 4.03. The second-order valence-electron chi connectivity index (χ2n) is 4.56. The molecule has 2 rings (SSSR count). The molecule has 0 fully saturated rings. The van der Waals surface area contributed by atoms with Crippen LogP contribution in [0, 0.1) is 0 Å². The number of nitrogens with one attached hydrogen (secondary N) is 1. The van der Waals surface area contributed by atoms with Crippen molar-refractivity contribution in [3.8, 4) is 5.75 Å². The van der Waals surface area contributed by atoms with Gasteiger partial charge in [0.05, 0.1) is 19.6 Å². The molecule has 0 spiro atoms. The Kier molecular flexibility index (Phi) is 5.78. The molecule has 112 valence electrons. The van der Waals surface area contributed by atoms with Crippen molar-refractivity contribution in [1.82, 2.24) is 5.32 Å². The smallest absolute Gasteiger partial charge is 0.225 e. The van der Waals surface area contributed by atoms with Gasteiger partial charge >= 0.3 is 0 Å². The minimum Gasteiger partial charge on any atom is -0.497 e. The van der Waals surface area contributed by atoms with Crippen LogP contribution in [0.1, 0.15) is 16.5 Å². The minimum absolute atomic E-state index is 0.00222. The fourth-order valence-corrected chi connectivity index (χ4v) is 2.72. The summed E-state index contributed by atoms with van der Waals surface area (Å²) in [7, 11) is 3.26. The molecule has 0 radical (unpaired) electrons. The van der Waals surface area contributed by atoms with Gasteiger partial charge in [0.15, 0.2) is 0 Å². The number of benzene rings is 1. The average Bonchev–Trinajstić information content (AvgIpc) is 3.01. The first-order valence-corrected chi connectivity index (χ1v) is 7.56. The van der Waals surface area contributed by atoms with E-state index in [9.17, 15) is 4.79 Å². The molecule has 1 aromatic carbocycles. The molecule has 0 aliphatic rings. The van der Waals surface area contributed by atoms with E-state index in [0.29, 0.717) is 13.0 Å². The first-order valence-electron chi connectivity index (χ1n) is 6.68. The second-order valence-corrected chi connectivity index (χ2v) is 5.59. The largest absolute Gasteiger partial charge is 0.497 e. The van der Waals surface area contributed by atoms with E-state index >= 15 is 0 Å². The summed E-state index contributed by atoms with van der Waals surface area (Å²) in [6.45, 7) is 0.438. The van der Waals surface area contributed by atoms with Gasteiger partial charge in [-0.1, -0.05) is 18.2 Å². The third-order valence-electron chi connectivity index (χ3n) is 3.15. The van der Waals surface area contributed by atoms with Crippen molar-refractivity contribution in [2.24, 2.45) is 0 Å². The van der Waals surface area contributed by atoms with E-state index in [1.807, 2.05) is 41.8 Å². The predicted molar refractivity (Wildman–Crippen MR) is 83.8 cm³/mol. The molecule has 1 aromatic heterocycles. The van der Waals surface area contributed by atoms with Gasteiger partial charge in [0, 0.05) is 18.5 Å². The van der Waals surface area contributed by atoms with Crippen LogP contribution in [0.5, 0.6) is 5.75 Å². The van der Waals surface area contributed by atoms with Crippen LogP contribution in [-0.2, 0) is 16.0 Å². The summed E-state index contributed by atoms with van der Waals surface area (Å²) in [5, 5.41) is 4.88. The zero-order valence-electron chi connectivity index (χ0n) is 12.2. The van der Waals surface area contributed by atoms with E-state index in [4.69, 9.17) is 9.47 Å². The topological polar surface area (TPSA) is 47.6 Å². The van der Waals surface area contributed by atoms with E-state index in [2.05, 4.69) is 5.32 Å². The number of methoxy groups -OCH3 is 2. The van der Waals surface area contributed by atoms with Crippen LogP contribution in [-0.4, -0.2) is 26.7 Å². The molecule has 1 amide bonds. The molecule has 1 N–H and O–H groups in total. The molecule has 2 aromatic rings. The lowest BCUT2D eigenvalue weighted by Gasteiger charge is -2.17. The first kappa shape index (κ1) is 15.5. The van der Waals surface area contributed by atoms with Crippen LogP contribution in [0.3, 0.4) is 0 Å². The summed E-state index contributed by atoms with van der Waals surface area (Å²) >= 11 is 1.58. The molecule has 21 heavy (non-hydrogen) atoms. The summed E-state index contributed by atoms with van der Waals surface area (Å²) in [6.07, 6.45) is 0.221. The van der Waals surface area contributed by atoms with Gasteiger partial charge < -0.3 is 14.8 Å². The lowest BCUT2D eigenvalue weighted by Crippen LogP contribution is -2.30. The van der Waals surface area contributed by atoms with Crippen LogP contribution < -0.4 is 10.1 Å². The van der Waals surface area contributed by atoms with Crippen molar-refractivity contribution in [3.05, 3.63) is 52.2 Å². The first-order chi connectivity index (χ1) is 10.2. The van der Waals surface area contributed by atoms with Gasteiger partial charge in [-0.25, -0.2) is 0 Å². The van der Waals surface area contributed by atoms with E-state index in [0.717, 1.165) is 16.2 Å². The number of carbonyl (C=O) groups excluding carboxylic acids is 1. The lowest BCUT2D eigenvalue weighted by molar-refractivity contribution is -0.120. The highest BCUT2D eigenvalue weighted by Gasteiger charge is 2.13. The van der Waals surface area contributed by atoms with E-state index in [-0.39, 0.29) is 12.0 Å². The van der Waals surface area contributed by atoms with Gasteiger partial charge in [0.25, 0.3) is 0 Å². The summed E-state index contributed by atoms with van der Waals surface area (Å²) in [5.41, 5.74) is 0.980. The molecule has 1 heterocycles. The number of ether oxygens (including phenoxy) is 2. The number of carbonyl (C=O) groups is 1. The third kappa shape index (κ3) is 4.58. The summed E-state index contributed by atoms with van der Waals surface area (Å²) in [6, 6.07) is 11.6. The lowest BCUT2D eigenvalue weighted by atomic mass is 10.1. The quantitative estimate of drug-likeness (QED) is 0.855. The Morgan fingerprint density at radius 1 is 1.29 bits per heavy atom. The van der Waals surface area contributed by atoms with Gasteiger partial charge in [-0.3, -0.25) is 4.79 Å². The molecular formula is C16H19NO3S. The van der Waals surface area contributed by atoms with Crippen molar-refractivity contribution >= 4 is 17.2 Å². The molecule has 0 saturated heterocycles. The number of thiophene rings is 1. The van der Waals surface area contributed by atoms with Gasteiger partial charge in [-0.2, -0.15) is 0 Å². The predicted octanol–water partition coefficient (Wildman–Crippen LogP) is 2.80. The zero-order chi connectivity index (χ0) is 15.1. The zero-order valence-corrected chi connectivity index (χ0v) is 13.0. The van der Waals surface area contributed by atoms with Gasteiger partial charge in [-0.15, -0.1) is 11.3 Å². The molecule has 0 saturated carbocycles. The fourth-order valence-electron chi connectivity index (χ4n) is 2.02. The Morgan fingerprint density at radius 3 is 2.81 bits per heavy atom. The Morgan fingerprint density at radius 2 is 2.14 bits per heavy atom. The van der Waals surface area contributed by atoms with Crippen molar-refractivity contribution < 1.29 is 14.3 Å². The number of hydrogen-bond donors (Lipinski definition) is 1. The maximum absolute atomic E-state index is 11.9. The van der Waals surface area contributed by atoms with Crippen LogP contribution in [0.15, 0.2) is 41.8 Å². The minimum atomic E-state index is -0.188. The average molecular weight is 305 g/mol. The van der Waals surface area contributed by atoms with Crippen LogP contribution in [0.25, 0.3) is 0 Å². The van der Waals surface area contributed by atoms with E-state index < -0.39 is 0 Å². The molecule has 0 aliphatic carbocycles. The SMILES string of the molecule is COc1cccc(C(CNC(=O)Cc2cccs2)OC)c1. The van der Waals surface area contributed by atoms with Crippen molar-refractivity contribution in [2.45, 2.75) is 12.5 Å². The number of amides is 1. The van der Waals surface area contributed by atoms with E-state index in [1.54, 1.807) is 25.6 Å². The number of rotatable bonds is 7. The normalized spacial score (nSPS) is 11.9. The van der Waals surface area contributed by atoms with Crippen LogP contribution >= 0.6 is 11.3 Å². The Bertz CT molecular complexity index is 569. The highest BCUT2D eigenvalue weighted by atomic mass is 32.1. The second kappa shape index (κ2) is 7.81. The van der Waals surface area contributed by atoms with Crippen LogP contribution in [0.2, 0.25) is 0 Å². The molecule has 1 atom stereocenters. The maximum Gasteiger partial charge on any atom is 0.225 e.